The minimum absolute atomic E-state index is 0.236. The van der Waals surface area contributed by atoms with E-state index < -0.39 is 23.7 Å². The van der Waals surface area contributed by atoms with Gasteiger partial charge in [0.15, 0.2) is 0 Å². The van der Waals surface area contributed by atoms with Crippen molar-refractivity contribution in [3.05, 3.63) is 59.4 Å². The van der Waals surface area contributed by atoms with Crippen LogP contribution in [-0.4, -0.2) is 43.8 Å². The van der Waals surface area contributed by atoms with Gasteiger partial charge in [-0.1, -0.05) is 57.2 Å². The van der Waals surface area contributed by atoms with E-state index in [0.29, 0.717) is 48.8 Å². The van der Waals surface area contributed by atoms with Gasteiger partial charge in [-0.2, -0.15) is 0 Å². The Morgan fingerprint density at radius 1 is 1.14 bits per heavy atom. The normalized spacial score (nSPS) is 37.3. The fraction of sp³-hybridized carbons (Fsp3) is 0.677. The molecule has 0 saturated heterocycles. The van der Waals surface area contributed by atoms with Crippen LogP contribution in [0.4, 0.5) is 0 Å². The van der Waals surface area contributed by atoms with E-state index in [0.717, 1.165) is 30.4 Å². The van der Waals surface area contributed by atoms with Crippen LogP contribution in [0.3, 0.4) is 0 Å². The highest BCUT2D eigenvalue weighted by molar-refractivity contribution is 5.38. The maximum absolute atomic E-state index is 11.1. The van der Waals surface area contributed by atoms with E-state index in [-0.39, 0.29) is 5.41 Å². The average molecular weight is 509 g/mol. The molecular weight excluding hydrogens is 464 g/mol. The SMILES string of the molecule is C=C1/C(=C\C=C2/CCC[C@]3(C)[C@@H]([C@H](C)/C=C/[C@H](O)C4(c5nnc(CC)o5)CC4)CC[C@@H]23)C[C@@H](O)C[C@@H]1O. The molecule has 0 bridgehead atoms. The fourth-order valence-corrected chi connectivity index (χ4v) is 7.58. The van der Waals surface area contributed by atoms with E-state index in [1.54, 1.807) is 0 Å². The highest BCUT2D eigenvalue weighted by Crippen LogP contribution is 2.59. The third-order valence-corrected chi connectivity index (χ3v) is 10.1. The van der Waals surface area contributed by atoms with Gasteiger partial charge in [-0.05, 0) is 85.7 Å². The molecule has 4 aliphatic rings. The summed E-state index contributed by atoms with van der Waals surface area (Å²) in [6, 6.07) is 0. The molecule has 6 heteroatoms. The van der Waals surface area contributed by atoms with E-state index in [1.807, 2.05) is 13.0 Å². The van der Waals surface area contributed by atoms with Crippen LogP contribution in [-0.2, 0) is 11.8 Å². The molecular formula is C31H44N2O4. The van der Waals surface area contributed by atoms with Gasteiger partial charge in [0.05, 0.1) is 23.7 Å². The van der Waals surface area contributed by atoms with Gasteiger partial charge in [0.2, 0.25) is 11.8 Å². The van der Waals surface area contributed by atoms with Crippen molar-refractivity contribution in [2.75, 3.05) is 0 Å². The van der Waals surface area contributed by atoms with Crippen LogP contribution in [0.5, 0.6) is 0 Å². The second kappa shape index (κ2) is 10.3. The molecule has 4 aliphatic carbocycles. The first-order chi connectivity index (χ1) is 17.7. The number of aliphatic hydroxyl groups excluding tert-OH is 3. The van der Waals surface area contributed by atoms with Crippen molar-refractivity contribution < 1.29 is 19.7 Å². The zero-order valence-electron chi connectivity index (χ0n) is 22.7. The fourth-order valence-electron chi connectivity index (χ4n) is 7.58. The Kier molecular flexibility index (Phi) is 7.38. The van der Waals surface area contributed by atoms with Crippen LogP contribution in [0, 0.1) is 23.2 Å². The molecule has 5 rings (SSSR count). The van der Waals surface area contributed by atoms with Gasteiger partial charge in [-0.25, -0.2) is 0 Å². The van der Waals surface area contributed by atoms with Crippen molar-refractivity contribution in [2.24, 2.45) is 23.2 Å². The van der Waals surface area contributed by atoms with Crippen molar-refractivity contribution >= 4 is 0 Å². The van der Waals surface area contributed by atoms with Crippen LogP contribution in [0.1, 0.15) is 90.3 Å². The van der Waals surface area contributed by atoms with Crippen LogP contribution >= 0.6 is 0 Å². The summed E-state index contributed by atoms with van der Waals surface area (Å²) in [6.45, 7) is 10.8. The molecule has 0 unspecified atom stereocenters. The second-order valence-corrected chi connectivity index (χ2v) is 12.4. The molecule has 0 aromatic carbocycles. The maximum Gasteiger partial charge on any atom is 0.225 e. The lowest BCUT2D eigenvalue weighted by Gasteiger charge is -2.44. The summed E-state index contributed by atoms with van der Waals surface area (Å²) in [5.74, 6) is 2.70. The van der Waals surface area contributed by atoms with E-state index in [9.17, 15) is 15.3 Å². The van der Waals surface area contributed by atoms with Crippen molar-refractivity contribution in [3.8, 4) is 0 Å². The zero-order chi connectivity index (χ0) is 26.4. The highest BCUT2D eigenvalue weighted by atomic mass is 16.4. The number of fused-ring (bicyclic) bond motifs is 1. The summed E-state index contributed by atoms with van der Waals surface area (Å²) in [6.07, 6.45) is 16.2. The van der Waals surface area contributed by atoms with Crippen LogP contribution < -0.4 is 0 Å². The van der Waals surface area contributed by atoms with Gasteiger partial charge in [0.1, 0.15) is 0 Å². The van der Waals surface area contributed by atoms with Gasteiger partial charge in [0.25, 0.3) is 0 Å². The molecule has 1 heterocycles. The van der Waals surface area contributed by atoms with E-state index in [2.05, 4.69) is 48.9 Å². The van der Waals surface area contributed by atoms with Crippen molar-refractivity contribution in [3.63, 3.8) is 0 Å². The first-order valence-corrected chi connectivity index (χ1v) is 14.3. The van der Waals surface area contributed by atoms with Crippen molar-refractivity contribution in [2.45, 2.75) is 109 Å². The van der Waals surface area contributed by atoms with Gasteiger partial charge in [-0.3, -0.25) is 0 Å². The molecule has 0 radical (unpaired) electrons. The molecule has 1 aromatic heterocycles. The summed E-state index contributed by atoms with van der Waals surface area (Å²) in [4.78, 5) is 0. The number of rotatable bonds is 7. The number of allylic oxidation sites excluding steroid dienone is 4. The molecule has 0 amide bonds. The van der Waals surface area contributed by atoms with E-state index in [1.165, 1.54) is 31.3 Å². The van der Waals surface area contributed by atoms with Crippen LogP contribution in [0.2, 0.25) is 0 Å². The first-order valence-electron chi connectivity index (χ1n) is 14.3. The Labute approximate surface area is 221 Å². The topological polar surface area (TPSA) is 99.6 Å². The lowest BCUT2D eigenvalue weighted by atomic mass is 9.61. The number of hydrogen-bond acceptors (Lipinski definition) is 6. The van der Waals surface area contributed by atoms with Gasteiger partial charge < -0.3 is 19.7 Å². The predicted molar refractivity (Wildman–Crippen MR) is 144 cm³/mol. The molecule has 6 nitrogen and oxygen atoms in total. The Bertz CT molecular complexity index is 1100. The smallest absolute Gasteiger partial charge is 0.225 e. The summed E-state index contributed by atoms with van der Waals surface area (Å²) in [7, 11) is 0. The molecule has 1 aromatic rings. The third kappa shape index (κ3) is 4.93. The molecule has 4 fully saturated rings. The average Bonchev–Trinajstić information content (AvgIpc) is 3.39. The van der Waals surface area contributed by atoms with Crippen LogP contribution in [0.15, 0.2) is 52.0 Å². The summed E-state index contributed by atoms with van der Waals surface area (Å²) < 4.78 is 5.81. The number of aryl methyl sites for hydroxylation is 1. The second-order valence-electron chi connectivity index (χ2n) is 12.4. The van der Waals surface area contributed by atoms with Crippen molar-refractivity contribution in [1.82, 2.24) is 10.2 Å². The molecule has 7 atom stereocenters. The largest absolute Gasteiger partial charge is 0.425 e. The Morgan fingerprint density at radius 2 is 1.92 bits per heavy atom. The first kappa shape index (κ1) is 26.6. The predicted octanol–water partition coefficient (Wildman–Crippen LogP) is 5.36. The summed E-state index contributed by atoms with van der Waals surface area (Å²) in [5.41, 5.74) is 3.06. The molecule has 4 saturated carbocycles. The molecule has 37 heavy (non-hydrogen) atoms. The molecule has 3 N–H and O–H groups in total. The molecule has 0 aliphatic heterocycles. The van der Waals surface area contributed by atoms with E-state index in [4.69, 9.17) is 4.42 Å². The maximum atomic E-state index is 11.1. The lowest BCUT2D eigenvalue weighted by Crippen LogP contribution is -2.35. The number of aromatic nitrogens is 2. The van der Waals surface area contributed by atoms with Gasteiger partial charge in [0, 0.05) is 12.8 Å². The van der Waals surface area contributed by atoms with E-state index >= 15 is 0 Å². The highest BCUT2D eigenvalue weighted by Gasteiger charge is 2.54. The Hall–Kier alpha value is -2.02. The standard InChI is InChI=1S/C31H44N2O4/c1-5-28-32-33-29(37-28)31(15-16-31)27(36)13-8-19(2)24-11-12-25-21(7-6-14-30(24,25)4)9-10-22-17-23(34)18-26(35)20(22)3/h8-10,13,19,23-27,34-36H,3,5-7,11-12,14-18H2,1-2,4H3/b13-8+,21-9+,22-10-/t19-,23-,24-,25+,26+,27+,30-/m1/s1. The number of nitrogens with zero attached hydrogens (tertiary/aromatic N) is 2. The number of aliphatic hydroxyl groups is 3. The lowest BCUT2D eigenvalue weighted by molar-refractivity contribution is 0.0862. The molecule has 202 valence electrons. The zero-order valence-corrected chi connectivity index (χ0v) is 22.7. The minimum atomic E-state index is -0.646. The van der Waals surface area contributed by atoms with Gasteiger partial charge in [-0.15, -0.1) is 10.2 Å². The summed E-state index contributed by atoms with van der Waals surface area (Å²) in [5, 5.41) is 39.7. The summed E-state index contributed by atoms with van der Waals surface area (Å²) >= 11 is 0. The minimum Gasteiger partial charge on any atom is -0.425 e. The van der Waals surface area contributed by atoms with Gasteiger partial charge >= 0.3 is 0 Å². The monoisotopic (exact) mass is 508 g/mol. The third-order valence-electron chi connectivity index (χ3n) is 10.1. The quantitative estimate of drug-likeness (QED) is 0.429. The Balaban J connectivity index is 1.28. The Morgan fingerprint density at radius 3 is 2.62 bits per heavy atom. The molecule has 0 spiro atoms. The van der Waals surface area contributed by atoms with Crippen LogP contribution in [0.25, 0.3) is 0 Å². The number of hydrogen-bond donors (Lipinski definition) is 3. The van der Waals surface area contributed by atoms with Crippen molar-refractivity contribution in [1.29, 1.82) is 0 Å².